The minimum absolute atomic E-state index is 0.0432. The summed E-state index contributed by atoms with van der Waals surface area (Å²) in [4.78, 5) is 33.4. The van der Waals surface area contributed by atoms with E-state index in [0.717, 1.165) is 16.7 Å². The summed E-state index contributed by atoms with van der Waals surface area (Å²) in [6.45, 7) is 2.33. The van der Waals surface area contributed by atoms with Crippen molar-refractivity contribution < 1.29 is 13.9 Å². The normalized spacial score (nSPS) is 14.8. The van der Waals surface area contributed by atoms with Crippen LogP contribution >= 0.6 is 0 Å². The zero-order valence-electron chi connectivity index (χ0n) is 19.5. The van der Waals surface area contributed by atoms with Gasteiger partial charge in [-0.25, -0.2) is 4.98 Å². The molecule has 36 heavy (non-hydrogen) atoms. The van der Waals surface area contributed by atoms with Gasteiger partial charge in [-0.15, -0.1) is 0 Å². The third-order valence-electron chi connectivity index (χ3n) is 6.34. The van der Waals surface area contributed by atoms with Gasteiger partial charge in [0.2, 0.25) is 5.76 Å². The Morgan fingerprint density at radius 2 is 1.72 bits per heavy atom. The Kier molecular flexibility index (Phi) is 5.34. The van der Waals surface area contributed by atoms with E-state index in [0.29, 0.717) is 34.7 Å². The largest absolute Gasteiger partial charge is 0.489 e. The van der Waals surface area contributed by atoms with Crippen LogP contribution in [0.1, 0.15) is 38.9 Å². The molecule has 0 bridgehead atoms. The highest BCUT2D eigenvalue weighted by Crippen LogP contribution is 2.41. The summed E-state index contributed by atoms with van der Waals surface area (Å²) in [5.74, 6) is 0.729. The number of aromatic nitrogens is 1. The number of carbonyl (C=O) groups excluding carboxylic acids is 1. The molecule has 1 atom stereocenters. The second-order valence-corrected chi connectivity index (χ2v) is 8.79. The fourth-order valence-electron chi connectivity index (χ4n) is 4.59. The third-order valence-corrected chi connectivity index (χ3v) is 6.34. The molecule has 5 aromatic rings. The number of para-hydroxylation sites is 1. The van der Waals surface area contributed by atoms with E-state index in [2.05, 4.69) is 4.98 Å². The summed E-state index contributed by atoms with van der Waals surface area (Å²) in [5.41, 5.74) is 3.21. The molecular formula is C30H22N2O4. The maximum Gasteiger partial charge on any atom is 0.296 e. The van der Waals surface area contributed by atoms with Gasteiger partial charge in [-0.2, -0.15) is 0 Å². The third kappa shape index (κ3) is 3.73. The van der Waals surface area contributed by atoms with E-state index in [1.165, 1.54) is 4.90 Å². The van der Waals surface area contributed by atoms with Gasteiger partial charge in [0.1, 0.15) is 23.8 Å². The number of nitrogens with zero attached hydrogens (tertiary/aromatic N) is 2. The number of amides is 1. The molecule has 1 amide bonds. The van der Waals surface area contributed by atoms with Gasteiger partial charge < -0.3 is 9.15 Å². The molecule has 0 aliphatic carbocycles. The predicted octanol–water partition coefficient (Wildman–Crippen LogP) is 5.83. The minimum Gasteiger partial charge on any atom is -0.489 e. The molecule has 0 saturated heterocycles. The summed E-state index contributed by atoms with van der Waals surface area (Å²) in [6, 6.07) is 27.3. The first kappa shape index (κ1) is 21.8. The van der Waals surface area contributed by atoms with Crippen LogP contribution in [-0.2, 0) is 6.61 Å². The maximum atomic E-state index is 13.7. The molecule has 6 rings (SSSR count). The van der Waals surface area contributed by atoms with Gasteiger partial charge >= 0.3 is 0 Å². The first-order valence-corrected chi connectivity index (χ1v) is 11.7. The Labute approximate surface area is 207 Å². The van der Waals surface area contributed by atoms with Crippen LogP contribution in [0.3, 0.4) is 0 Å². The predicted molar refractivity (Wildman–Crippen MR) is 137 cm³/mol. The second kappa shape index (κ2) is 8.82. The molecule has 0 fully saturated rings. The Morgan fingerprint density at radius 3 is 2.53 bits per heavy atom. The van der Waals surface area contributed by atoms with Gasteiger partial charge in [-0.1, -0.05) is 60.7 Å². The van der Waals surface area contributed by atoms with Crippen molar-refractivity contribution in [1.29, 1.82) is 0 Å². The number of anilines is 1. The SMILES string of the molecule is Cc1ccc(N2C(=O)c3oc4ccccc4c(=O)c3[C@H]2c2cccc(OCc3ccccc3)c2)nc1. The van der Waals surface area contributed by atoms with E-state index in [1.54, 1.807) is 36.5 Å². The van der Waals surface area contributed by atoms with Crippen LogP contribution in [0.25, 0.3) is 11.0 Å². The smallest absolute Gasteiger partial charge is 0.296 e. The zero-order valence-corrected chi connectivity index (χ0v) is 19.5. The van der Waals surface area contributed by atoms with Crippen LogP contribution in [0.15, 0.2) is 106 Å². The minimum atomic E-state index is -0.705. The molecule has 3 heterocycles. The Bertz CT molecular complexity index is 1640. The lowest BCUT2D eigenvalue weighted by Crippen LogP contribution is -2.30. The molecule has 0 spiro atoms. The molecular weight excluding hydrogens is 452 g/mol. The molecule has 2 aromatic heterocycles. The molecule has 0 radical (unpaired) electrons. The summed E-state index contributed by atoms with van der Waals surface area (Å²) >= 11 is 0. The Balaban J connectivity index is 1.48. The molecule has 6 nitrogen and oxygen atoms in total. The molecule has 3 aromatic carbocycles. The van der Waals surface area contributed by atoms with Crippen molar-refractivity contribution in [3.8, 4) is 5.75 Å². The highest BCUT2D eigenvalue weighted by atomic mass is 16.5. The van der Waals surface area contributed by atoms with Gasteiger partial charge in [0.25, 0.3) is 5.91 Å². The maximum absolute atomic E-state index is 13.7. The number of hydrogen-bond donors (Lipinski definition) is 0. The van der Waals surface area contributed by atoms with E-state index < -0.39 is 11.9 Å². The fourth-order valence-corrected chi connectivity index (χ4v) is 4.59. The van der Waals surface area contributed by atoms with Crippen molar-refractivity contribution in [3.63, 3.8) is 0 Å². The van der Waals surface area contributed by atoms with E-state index >= 15 is 0 Å². The molecule has 0 saturated carbocycles. The fraction of sp³-hybridized carbons (Fsp3) is 0.100. The lowest BCUT2D eigenvalue weighted by molar-refractivity contribution is 0.0970. The molecule has 1 aliphatic heterocycles. The van der Waals surface area contributed by atoms with Crippen LogP contribution in [-0.4, -0.2) is 10.9 Å². The van der Waals surface area contributed by atoms with Crippen molar-refractivity contribution >= 4 is 22.7 Å². The molecule has 1 aliphatic rings. The number of ether oxygens (including phenoxy) is 1. The summed E-state index contributed by atoms with van der Waals surface area (Å²) in [5, 5.41) is 0.434. The molecule has 176 valence electrons. The van der Waals surface area contributed by atoms with Gasteiger partial charge in [0, 0.05) is 6.20 Å². The number of fused-ring (bicyclic) bond motifs is 2. The number of carbonyl (C=O) groups is 1. The van der Waals surface area contributed by atoms with Gasteiger partial charge in [0.15, 0.2) is 5.43 Å². The van der Waals surface area contributed by atoms with Crippen molar-refractivity contribution in [1.82, 2.24) is 4.98 Å². The van der Waals surface area contributed by atoms with Crippen LogP contribution in [0.4, 0.5) is 5.82 Å². The van der Waals surface area contributed by atoms with Crippen LogP contribution in [0, 0.1) is 6.92 Å². The van der Waals surface area contributed by atoms with Crippen LogP contribution in [0.2, 0.25) is 0 Å². The number of hydrogen-bond acceptors (Lipinski definition) is 5. The first-order chi connectivity index (χ1) is 17.6. The summed E-state index contributed by atoms with van der Waals surface area (Å²) in [7, 11) is 0. The number of pyridine rings is 1. The Hall–Kier alpha value is -4.71. The second-order valence-electron chi connectivity index (χ2n) is 8.79. The van der Waals surface area contributed by atoms with E-state index in [9.17, 15) is 9.59 Å². The van der Waals surface area contributed by atoms with E-state index in [1.807, 2.05) is 67.6 Å². The summed E-state index contributed by atoms with van der Waals surface area (Å²) in [6.07, 6.45) is 1.70. The van der Waals surface area contributed by atoms with Crippen LogP contribution in [0.5, 0.6) is 5.75 Å². The zero-order chi connectivity index (χ0) is 24.6. The molecule has 6 heteroatoms. The highest BCUT2D eigenvalue weighted by molar-refractivity contribution is 6.10. The average Bonchev–Trinajstić information content (AvgIpc) is 3.21. The number of aryl methyl sites for hydroxylation is 1. The van der Waals surface area contributed by atoms with Crippen molar-refractivity contribution in [3.05, 3.63) is 135 Å². The Morgan fingerprint density at radius 1 is 0.917 bits per heavy atom. The highest BCUT2D eigenvalue weighted by Gasteiger charge is 2.44. The van der Waals surface area contributed by atoms with Crippen molar-refractivity contribution in [2.75, 3.05) is 4.90 Å². The quantitative estimate of drug-likeness (QED) is 0.321. The summed E-state index contributed by atoms with van der Waals surface area (Å²) < 4.78 is 12.1. The first-order valence-electron chi connectivity index (χ1n) is 11.7. The van der Waals surface area contributed by atoms with Gasteiger partial charge in [-0.05, 0) is 53.9 Å². The monoisotopic (exact) mass is 474 g/mol. The van der Waals surface area contributed by atoms with Crippen molar-refractivity contribution in [2.24, 2.45) is 0 Å². The topological polar surface area (TPSA) is 72.6 Å². The van der Waals surface area contributed by atoms with E-state index in [4.69, 9.17) is 9.15 Å². The average molecular weight is 475 g/mol. The lowest BCUT2D eigenvalue weighted by Gasteiger charge is -2.24. The van der Waals surface area contributed by atoms with E-state index in [-0.39, 0.29) is 11.2 Å². The standard InChI is InChI=1S/C30H22N2O4/c1-19-14-15-25(31-17-19)32-27(21-10-7-11-22(16-21)35-18-20-8-3-2-4-9-20)26-28(33)23-12-5-6-13-24(23)36-29(26)30(32)34/h2-17,27H,18H2,1H3/t27-/m1/s1. The van der Waals surface area contributed by atoms with Crippen molar-refractivity contribution in [2.45, 2.75) is 19.6 Å². The van der Waals surface area contributed by atoms with Gasteiger partial charge in [0.05, 0.1) is 17.0 Å². The number of rotatable bonds is 5. The molecule has 0 unspecified atom stereocenters. The number of benzene rings is 3. The molecule has 0 N–H and O–H groups in total. The van der Waals surface area contributed by atoms with Gasteiger partial charge in [-0.3, -0.25) is 14.5 Å². The lowest BCUT2D eigenvalue weighted by atomic mass is 9.98. The van der Waals surface area contributed by atoms with Crippen LogP contribution < -0.4 is 15.1 Å².